The van der Waals surface area contributed by atoms with Crippen molar-refractivity contribution < 1.29 is 18.7 Å². The first-order valence-corrected chi connectivity index (χ1v) is 10.8. The van der Waals surface area contributed by atoms with Crippen molar-refractivity contribution in [2.45, 2.75) is 25.9 Å². The van der Waals surface area contributed by atoms with Crippen molar-refractivity contribution in [1.82, 2.24) is 25.0 Å². The molecule has 0 fully saturated rings. The quantitative estimate of drug-likeness (QED) is 0.553. The second-order valence-corrected chi connectivity index (χ2v) is 7.90. The van der Waals surface area contributed by atoms with E-state index in [-0.39, 0.29) is 5.91 Å². The van der Waals surface area contributed by atoms with Crippen LogP contribution in [-0.2, 0) is 25.9 Å². The lowest BCUT2D eigenvalue weighted by Gasteiger charge is -2.21. The number of hydrogen-bond acceptors (Lipinski definition) is 7. The first-order valence-electron chi connectivity index (χ1n) is 10.4. The fraction of sp³-hybridized carbons (Fsp3) is 0.409. The van der Waals surface area contributed by atoms with E-state index in [0.29, 0.717) is 41.8 Å². The van der Waals surface area contributed by atoms with Crippen LogP contribution in [0.15, 0.2) is 34.9 Å². The van der Waals surface area contributed by atoms with Crippen molar-refractivity contribution in [2.75, 3.05) is 33.9 Å². The highest BCUT2D eigenvalue weighted by Crippen LogP contribution is 2.33. The zero-order chi connectivity index (χ0) is 22.5. The number of furan rings is 1. The third kappa shape index (κ3) is 4.89. The van der Waals surface area contributed by atoms with Gasteiger partial charge in [-0.25, -0.2) is 0 Å². The van der Waals surface area contributed by atoms with Crippen molar-refractivity contribution in [3.63, 3.8) is 0 Å². The molecule has 0 bridgehead atoms. The molecule has 2 aromatic heterocycles. The molecular weight excluding hydrogens is 434 g/mol. The van der Waals surface area contributed by atoms with Crippen molar-refractivity contribution in [2.24, 2.45) is 0 Å². The van der Waals surface area contributed by atoms with E-state index in [1.54, 1.807) is 32.4 Å². The number of carbonyl (C=O) groups is 1. The van der Waals surface area contributed by atoms with Gasteiger partial charge in [-0.15, -0.1) is 10.2 Å². The Kier molecular flexibility index (Phi) is 6.96. The molecule has 9 nitrogen and oxygen atoms in total. The summed E-state index contributed by atoms with van der Waals surface area (Å²) in [4.78, 5) is 14.4. The van der Waals surface area contributed by atoms with E-state index in [9.17, 15) is 4.79 Å². The van der Waals surface area contributed by atoms with Crippen LogP contribution in [0.5, 0.6) is 11.5 Å². The van der Waals surface area contributed by atoms with Crippen LogP contribution in [0.2, 0.25) is 5.02 Å². The summed E-state index contributed by atoms with van der Waals surface area (Å²) in [7, 11) is 3.21. The Bertz CT molecular complexity index is 1070. The molecule has 0 atom stereocenters. The summed E-state index contributed by atoms with van der Waals surface area (Å²) in [6.07, 6.45) is 2.87. The van der Waals surface area contributed by atoms with Crippen molar-refractivity contribution in [3.05, 3.63) is 58.5 Å². The zero-order valence-electron chi connectivity index (χ0n) is 18.1. The van der Waals surface area contributed by atoms with Gasteiger partial charge in [-0.05, 0) is 23.8 Å². The number of amides is 1. The Morgan fingerprint density at radius 1 is 1.19 bits per heavy atom. The molecule has 0 spiro atoms. The lowest BCUT2D eigenvalue weighted by atomic mass is 10.1. The second-order valence-electron chi connectivity index (χ2n) is 7.49. The first-order chi connectivity index (χ1) is 15.6. The maximum Gasteiger partial charge on any atom is 0.286 e. The summed E-state index contributed by atoms with van der Waals surface area (Å²) in [5.41, 5.74) is 0.989. The molecule has 1 aliphatic heterocycles. The highest BCUT2D eigenvalue weighted by molar-refractivity contribution is 6.31. The smallest absolute Gasteiger partial charge is 0.286 e. The zero-order valence-corrected chi connectivity index (χ0v) is 18.9. The topological polar surface area (TPSA) is 94.6 Å². The molecule has 0 saturated heterocycles. The molecular formula is C22H26ClN5O4. The minimum atomic E-state index is -0.233. The van der Waals surface area contributed by atoms with Crippen molar-refractivity contribution >= 4 is 17.5 Å². The molecule has 0 aliphatic carbocycles. The van der Waals surface area contributed by atoms with Gasteiger partial charge in [0.05, 0.1) is 20.5 Å². The van der Waals surface area contributed by atoms with Gasteiger partial charge >= 0.3 is 0 Å². The van der Waals surface area contributed by atoms with Gasteiger partial charge in [-0.3, -0.25) is 9.69 Å². The SMILES string of the molecule is COc1cc(Cl)c(CN2CCc3nnc(CCNC(=O)c4ccco4)n3CC2)cc1OC. The molecule has 1 aromatic carbocycles. The normalized spacial score (nSPS) is 14.0. The van der Waals surface area contributed by atoms with Gasteiger partial charge in [-0.1, -0.05) is 11.6 Å². The molecule has 10 heteroatoms. The number of fused-ring (bicyclic) bond motifs is 1. The molecule has 1 amide bonds. The number of ether oxygens (including phenoxy) is 2. The predicted octanol–water partition coefficient (Wildman–Crippen LogP) is 2.57. The first kappa shape index (κ1) is 22.2. The summed E-state index contributed by atoms with van der Waals surface area (Å²) < 4.78 is 18.0. The van der Waals surface area contributed by atoms with E-state index < -0.39 is 0 Å². The average molecular weight is 460 g/mol. The lowest BCUT2D eigenvalue weighted by Crippen LogP contribution is -2.28. The molecule has 0 radical (unpaired) electrons. The van der Waals surface area contributed by atoms with E-state index in [1.165, 1.54) is 6.26 Å². The average Bonchev–Trinajstić information content (AvgIpc) is 3.43. The van der Waals surface area contributed by atoms with Crippen LogP contribution < -0.4 is 14.8 Å². The van der Waals surface area contributed by atoms with Gasteiger partial charge in [0.15, 0.2) is 17.3 Å². The third-order valence-corrected chi connectivity index (χ3v) is 5.87. The fourth-order valence-corrected chi connectivity index (χ4v) is 4.02. The minimum Gasteiger partial charge on any atom is -0.493 e. The van der Waals surface area contributed by atoms with Crippen LogP contribution in [0.3, 0.4) is 0 Å². The number of halogens is 1. The van der Waals surface area contributed by atoms with Gasteiger partial charge in [0, 0.05) is 56.7 Å². The van der Waals surface area contributed by atoms with Crippen LogP contribution in [0.1, 0.15) is 27.8 Å². The molecule has 4 rings (SSSR count). The molecule has 32 heavy (non-hydrogen) atoms. The summed E-state index contributed by atoms with van der Waals surface area (Å²) in [6.45, 7) is 3.61. The Balaban J connectivity index is 1.36. The Morgan fingerprint density at radius 2 is 2.00 bits per heavy atom. The van der Waals surface area contributed by atoms with Crippen LogP contribution in [0.25, 0.3) is 0 Å². The highest BCUT2D eigenvalue weighted by atomic mass is 35.5. The third-order valence-electron chi connectivity index (χ3n) is 5.52. The number of nitrogens with one attached hydrogen (secondary N) is 1. The van der Waals surface area contributed by atoms with Gasteiger partial charge in [0.25, 0.3) is 5.91 Å². The van der Waals surface area contributed by atoms with Gasteiger partial charge in [0.1, 0.15) is 11.6 Å². The number of hydrogen-bond donors (Lipinski definition) is 1. The standard InChI is InChI=1S/C22H26ClN5O4/c1-30-18-12-15(16(23)13-19(18)31-2)14-27-8-6-21-26-25-20(28(21)10-9-27)5-7-24-22(29)17-4-3-11-32-17/h3-4,11-13H,5-10,14H2,1-2H3,(H,24,29). The summed E-state index contributed by atoms with van der Waals surface area (Å²) in [6, 6.07) is 7.04. The Morgan fingerprint density at radius 3 is 2.75 bits per heavy atom. The monoisotopic (exact) mass is 459 g/mol. The van der Waals surface area contributed by atoms with Crippen LogP contribution in [-0.4, -0.2) is 59.4 Å². The van der Waals surface area contributed by atoms with Crippen LogP contribution >= 0.6 is 11.6 Å². The van der Waals surface area contributed by atoms with Gasteiger partial charge in [0.2, 0.25) is 0 Å². The van der Waals surface area contributed by atoms with Crippen LogP contribution in [0, 0.1) is 0 Å². The van der Waals surface area contributed by atoms with Crippen molar-refractivity contribution in [1.29, 1.82) is 0 Å². The number of methoxy groups -OCH3 is 2. The van der Waals surface area contributed by atoms with Crippen LogP contribution in [0.4, 0.5) is 0 Å². The van der Waals surface area contributed by atoms with E-state index in [2.05, 4.69) is 25.0 Å². The fourth-order valence-electron chi connectivity index (χ4n) is 3.81. The maximum absolute atomic E-state index is 12.0. The van der Waals surface area contributed by atoms with Gasteiger partial charge < -0.3 is 23.8 Å². The molecule has 3 heterocycles. The molecule has 0 saturated carbocycles. The number of aromatic nitrogens is 3. The molecule has 3 aromatic rings. The van der Waals surface area contributed by atoms with E-state index in [0.717, 1.165) is 43.3 Å². The largest absolute Gasteiger partial charge is 0.493 e. The number of benzene rings is 1. The molecule has 1 aliphatic rings. The maximum atomic E-state index is 12.0. The Labute approximate surface area is 191 Å². The summed E-state index contributed by atoms with van der Waals surface area (Å²) in [5.74, 6) is 3.17. The minimum absolute atomic E-state index is 0.233. The molecule has 0 unspecified atom stereocenters. The predicted molar refractivity (Wildman–Crippen MR) is 118 cm³/mol. The Hall–Kier alpha value is -3.04. The molecule has 170 valence electrons. The number of rotatable bonds is 8. The number of nitrogens with zero attached hydrogens (tertiary/aromatic N) is 4. The highest BCUT2D eigenvalue weighted by Gasteiger charge is 2.20. The number of carbonyl (C=O) groups excluding carboxylic acids is 1. The van der Waals surface area contributed by atoms with E-state index >= 15 is 0 Å². The van der Waals surface area contributed by atoms with E-state index in [4.69, 9.17) is 25.5 Å². The van der Waals surface area contributed by atoms with Crippen molar-refractivity contribution in [3.8, 4) is 11.5 Å². The summed E-state index contributed by atoms with van der Waals surface area (Å²) >= 11 is 6.48. The van der Waals surface area contributed by atoms with Gasteiger partial charge in [-0.2, -0.15) is 0 Å². The van der Waals surface area contributed by atoms with E-state index in [1.807, 2.05) is 6.07 Å². The molecule has 1 N–H and O–H groups in total. The second kappa shape index (κ2) is 10.1. The lowest BCUT2D eigenvalue weighted by molar-refractivity contribution is 0.0926. The summed E-state index contributed by atoms with van der Waals surface area (Å²) in [5, 5.41) is 12.2.